The Kier molecular flexibility index (Phi) is 4.36. The minimum Gasteiger partial charge on any atom is -0.352 e. The van der Waals surface area contributed by atoms with Crippen LogP contribution in [0.2, 0.25) is 0 Å². The summed E-state index contributed by atoms with van der Waals surface area (Å²) in [4.78, 5) is 20.4. The van der Waals surface area contributed by atoms with E-state index in [0.29, 0.717) is 12.0 Å². The molecule has 2 rings (SSSR count). The first-order chi connectivity index (χ1) is 8.66. The summed E-state index contributed by atoms with van der Waals surface area (Å²) in [6.45, 7) is 7.40. The van der Waals surface area contributed by atoms with E-state index in [1.165, 1.54) is 19.2 Å². The second-order valence-electron chi connectivity index (χ2n) is 5.31. The molecule has 0 radical (unpaired) electrons. The number of H-pyrrole nitrogens is 1. The van der Waals surface area contributed by atoms with Crippen LogP contribution in [0.5, 0.6) is 0 Å². The maximum absolute atomic E-state index is 11.3. The molecule has 18 heavy (non-hydrogen) atoms. The highest BCUT2D eigenvalue weighted by atomic mass is 16.1. The highest BCUT2D eigenvalue weighted by Gasteiger charge is 2.25. The Morgan fingerprint density at radius 1 is 1.61 bits per heavy atom. The predicted octanol–water partition coefficient (Wildman–Crippen LogP) is 0.984. The third-order valence-electron chi connectivity index (χ3n) is 3.27. The molecule has 100 valence electrons. The number of aromatic nitrogens is 2. The van der Waals surface area contributed by atoms with Gasteiger partial charge in [-0.25, -0.2) is 4.98 Å². The lowest BCUT2D eigenvalue weighted by Crippen LogP contribution is -2.39. The molecule has 0 amide bonds. The van der Waals surface area contributed by atoms with Crippen molar-refractivity contribution in [1.82, 2.24) is 15.3 Å². The number of anilines is 1. The third-order valence-corrected chi connectivity index (χ3v) is 3.27. The topological polar surface area (TPSA) is 61.0 Å². The molecule has 1 aromatic heterocycles. The van der Waals surface area contributed by atoms with Gasteiger partial charge in [-0.05, 0) is 25.3 Å². The van der Waals surface area contributed by atoms with E-state index in [2.05, 4.69) is 34.0 Å². The van der Waals surface area contributed by atoms with Crippen molar-refractivity contribution in [2.24, 2.45) is 5.92 Å². The Labute approximate surface area is 108 Å². The largest absolute Gasteiger partial charge is 0.352 e. The zero-order valence-electron chi connectivity index (χ0n) is 11.1. The SMILES string of the molecule is CC(C)CNCC1CCCN1c1cc(=O)[nH]cn1. The number of aromatic amines is 1. The van der Waals surface area contributed by atoms with E-state index >= 15 is 0 Å². The van der Waals surface area contributed by atoms with E-state index in [1.54, 1.807) is 6.07 Å². The van der Waals surface area contributed by atoms with Crippen LogP contribution in [0.25, 0.3) is 0 Å². The van der Waals surface area contributed by atoms with Crippen LogP contribution < -0.4 is 15.8 Å². The minimum absolute atomic E-state index is 0.0826. The molecule has 0 aromatic carbocycles. The van der Waals surface area contributed by atoms with Crippen LogP contribution in [0.15, 0.2) is 17.2 Å². The number of nitrogens with zero attached hydrogens (tertiary/aromatic N) is 2. The van der Waals surface area contributed by atoms with Gasteiger partial charge in [0, 0.05) is 25.2 Å². The van der Waals surface area contributed by atoms with Gasteiger partial charge in [0.1, 0.15) is 5.82 Å². The molecule has 0 spiro atoms. The number of hydrogen-bond acceptors (Lipinski definition) is 4. The van der Waals surface area contributed by atoms with Crippen LogP contribution in [0.1, 0.15) is 26.7 Å². The van der Waals surface area contributed by atoms with Gasteiger partial charge in [-0.15, -0.1) is 0 Å². The summed E-state index contributed by atoms with van der Waals surface area (Å²) in [5.41, 5.74) is -0.0826. The zero-order chi connectivity index (χ0) is 13.0. The second kappa shape index (κ2) is 6.00. The molecule has 1 fully saturated rings. The van der Waals surface area contributed by atoms with Gasteiger partial charge in [-0.2, -0.15) is 0 Å². The summed E-state index contributed by atoms with van der Waals surface area (Å²) in [5.74, 6) is 1.46. The molecule has 1 unspecified atom stereocenters. The summed E-state index contributed by atoms with van der Waals surface area (Å²) in [6, 6.07) is 2.04. The highest BCUT2D eigenvalue weighted by Crippen LogP contribution is 2.21. The molecular formula is C13H22N4O. The predicted molar refractivity (Wildman–Crippen MR) is 72.9 cm³/mol. The maximum Gasteiger partial charge on any atom is 0.252 e. The van der Waals surface area contributed by atoms with Crippen LogP contribution in [-0.4, -0.2) is 35.6 Å². The van der Waals surface area contributed by atoms with E-state index in [4.69, 9.17) is 0 Å². The first-order valence-corrected chi connectivity index (χ1v) is 6.69. The summed E-state index contributed by atoms with van der Waals surface area (Å²) < 4.78 is 0. The van der Waals surface area contributed by atoms with Crippen molar-refractivity contribution >= 4 is 5.82 Å². The Balaban J connectivity index is 1.97. The molecule has 2 heterocycles. The molecule has 5 nitrogen and oxygen atoms in total. The van der Waals surface area contributed by atoms with Crippen LogP contribution in [0, 0.1) is 5.92 Å². The fraction of sp³-hybridized carbons (Fsp3) is 0.692. The van der Waals surface area contributed by atoms with Crippen molar-refractivity contribution in [3.63, 3.8) is 0 Å². The maximum atomic E-state index is 11.3. The fourth-order valence-electron chi connectivity index (χ4n) is 2.40. The van der Waals surface area contributed by atoms with Gasteiger partial charge in [0.25, 0.3) is 5.56 Å². The molecule has 1 aromatic rings. The van der Waals surface area contributed by atoms with Crippen LogP contribution >= 0.6 is 0 Å². The lowest BCUT2D eigenvalue weighted by atomic mass is 10.2. The van der Waals surface area contributed by atoms with Crippen LogP contribution in [0.3, 0.4) is 0 Å². The summed E-state index contributed by atoms with van der Waals surface area (Å²) in [5, 5.41) is 3.49. The highest BCUT2D eigenvalue weighted by molar-refractivity contribution is 5.39. The van der Waals surface area contributed by atoms with Crippen LogP contribution in [0.4, 0.5) is 5.82 Å². The minimum atomic E-state index is -0.0826. The first kappa shape index (κ1) is 13.1. The van der Waals surface area contributed by atoms with E-state index in [1.807, 2.05) is 0 Å². The average molecular weight is 250 g/mol. The van der Waals surface area contributed by atoms with Crippen molar-refractivity contribution in [1.29, 1.82) is 0 Å². The molecule has 1 aliphatic heterocycles. The average Bonchev–Trinajstić information content (AvgIpc) is 2.77. The molecule has 0 aliphatic carbocycles. The zero-order valence-corrected chi connectivity index (χ0v) is 11.1. The van der Waals surface area contributed by atoms with Crippen molar-refractivity contribution < 1.29 is 0 Å². The molecule has 0 saturated carbocycles. The van der Waals surface area contributed by atoms with Gasteiger partial charge in [0.05, 0.1) is 6.33 Å². The summed E-state index contributed by atoms with van der Waals surface area (Å²) in [6.07, 6.45) is 3.82. The second-order valence-corrected chi connectivity index (χ2v) is 5.31. The fourth-order valence-corrected chi connectivity index (χ4v) is 2.40. The van der Waals surface area contributed by atoms with E-state index in [-0.39, 0.29) is 5.56 Å². The standard InChI is InChI=1S/C13H22N4O/c1-10(2)7-14-8-11-4-3-5-17(11)12-6-13(18)16-9-15-12/h6,9-11,14H,3-5,7-8H2,1-2H3,(H,15,16,18). The molecule has 2 N–H and O–H groups in total. The third kappa shape index (κ3) is 3.32. The Bertz CT molecular complexity index is 429. The normalized spacial score (nSPS) is 19.7. The first-order valence-electron chi connectivity index (χ1n) is 6.69. The summed E-state index contributed by atoms with van der Waals surface area (Å²) in [7, 11) is 0. The quantitative estimate of drug-likeness (QED) is 0.818. The van der Waals surface area contributed by atoms with E-state index < -0.39 is 0 Å². The molecule has 5 heteroatoms. The van der Waals surface area contributed by atoms with Crippen molar-refractivity contribution in [3.05, 3.63) is 22.7 Å². The van der Waals surface area contributed by atoms with Gasteiger partial charge in [0.2, 0.25) is 0 Å². The van der Waals surface area contributed by atoms with Crippen molar-refractivity contribution in [2.45, 2.75) is 32.7 Å². The number of rotatable bonds is 5. The Morgan fingerprint density at radius 3 is 3.17 bits per heavy atom. The molecule has 1 aliphatic rings. The molecule has 1 atom stereocenters. The van der Waals surface area contributed by atoms with Crippen LogP contribution in [-0.2, 0) is 0 Å². The van der Waals surface area contributed by atoms with Gasteiger partial charge in [-0.3, -0.25) is 4.79 Å². The summed E-state index contributed by atoms with van der Waals surface area (Å²) >= 11 is 0. The monoisotopic (exact) mass is 250 g/mol. The number of hydrogen-bond donors (Lipinski definition) is 2. The Hall–Kier alpha value is -1.36. The molecular weight excluding hydrogens is 228 g/mol. The smallest absolute Gasteiger partial charge is 0.252 e. The van der Waals surface area contributed by atoms with Gasteiger partial charge >= 0.3 is 0 Å². The van der Waals surface area contributed by atoms with E-state index in [0.717, 1.165) is 25.5 Å². The lowest BCUT2D eigenvalue weighted by Gasteiger charge is -2.26. The van der Waals surface area contributed by atoms with Gasteiger partial charge in [-0.1, -0.05) is 13.8 Å². The molecule has 0 bridgehead atoms. The number of nitrogens with one attached hydrogen (secondary N) is 2. The van der Waals surface area contributed by atoms with Crippen molar-refractivity contribution in [2.75, 3.05) is 24.5 Å². The molecule has 1 saturated heterocycles. The van der Waals surface area contributed by atoms with E-state index in [9.17, 15) is 4.79 Å². The van der Waals surface area contributed by atoms with Gasteiger partial charge in [0.15, 0.2) is 0 Å². The Morgan fingerprint density at radius 2 is 2.44 bits per heavy atom. The van der Waals surface area contributed by atoms with Gasteiger partial charge < -0.3 is 15.2 Å². The van der Waals surface area contributed by atoms with Crippen molar-refractivity contribution in [3.8, 4) is 0 Å². The lowest BCUT2D eigenvalue weighted by molar-refractivity contribution is 0.511.